The predicted molar refractivity (Wildman–Crippen MR) is 114 cm³/mol. The first-order chi connectivity index (χ1) is 14.0. The van der Waals surface area contributed by atoms with Gasteiger partial charge in [-0.25, -0.2) is 9.97 Å². The van der Waals surface area contributed by atoms with Gasteiger partial charge in [-0.1, -0.05) is 29.4 Å². The monoisotopic (exact) mass is 452 g/mol. The lowest BCUT2D eigenvalue weighted by atomic mass is 10.1. The van der Waals surface area contributed by atoms with E-state index in [0.717, 1.165) is 12.1 Å². The summed E-state index contributed by atoms with van der Waals surface area (Å²) >= 11 is 3.22. The van der Waals surface area contributed by atoms with Gasteiger partial charge in [0.05, 0.1) is 16.4 Å². The second kappa shape index (κ2) is 7.98. The summed E-state index contributed by atoms with van der Waals surface area (Å²) in [6, 6.07) is 11.5. The molecule has 3 aromatic heterocycles. The number of pyridine rings is 1. The second-order valence-electron chi connectivity index (χ2n) is 6.36. The van der Waals surface area contributed by atoms with Gasteiger partial charge in [0.2, 0.25) is 0 Å². The van der Waals surface area contributed by atoms with Crippen LogP contribution in [0.4, 0.5) is 5.82 Å². The quantitative estimate of drug-likeness (QED) is 0.424. The summed E-state index contributed by atoms with van der Waals surface area (Å²) in [5.74, 6) is 0.638. The molecule has 4 rings (SSSR count). The molecule has 0 aliphatic rings. The number of nitrogens with two attached hydrogens (primary N) is 1. The number of aromatic nitrogens is 4. The lowest BCUT2D eigenvalue weighted by molar-refractivity contribution is 0.434. The molecule has 4 aromatic rings. The molecular formula is C20H17BrN6O2. The van der Waals surface area contributed by atoms with Crippen LogP contribution in [0.25, 0.3) is 34.0 Å². The lowest BCUT2D eigenvalue weighted by Gasteiger charge is -2.05. The van der Waals surface area contributed by atoms with Crippen LogP contribution in [0, 0.1) is 0 Å². The standard InChI is InChI=1S/C20H17BrN6O2/c1-23-8-11-2-4-12(5-3-11)15-7-17(29-27-15)18-19(22)24-10-16(26-18)13-6-14(21)20(28)25-9-13/h2-7,9-10,23H,8H2,1H3,(H2,22,24)(H,25,28). The minimum absolute atomic E-state index is 0.224. The average Bonchev–Trinajstić information content (AvgIpc) is 3.21. The van der Waals surface area contributed by atoms with Crippen LogP contribution in [0.15, 0.2) is 62.6 Å². The number of benzene rings is 1. The van der Waals surface area contributed by atoms with Crippen LogP contribution in [0.1, 0.15) is 5.56 Å². The maximum absolute atomic E-state index is 11.6. The molecule has 1 aromatic carbocycles. The van der Waals surface area contributed by atoms with Gasteiger partial charge < -0.3 is 20.6 Å². The second-order valence-corrected chi connectivity index (χ2v) is 7.21. The number of rotatable bonds is 5. The molecule has 0 aliphatic heterocycles. The highest BCUT2D eigenvalue weighted by Gasteiger charge is 2.16. The van der Waals surface area contributed by atoms with E-state index >= 15 is 0 Å². The number of aromatic amines is 1. The van der Waals surface area contributed by atoms with Gasteiger partial charge in [0.15, 0.2) is 17.3 Å². The Morgan fingerprint density at radius 3 is 2.69 bits per heavy atom. The van der Waals surface area contributed by atoms with Crippen LogP contribution in [-0.2, 0) is 6.54 Å². The zero-order chi connectivity index (χ0) is 20.4. The third-order valence-corrected chi connectivity index (χ3v) is 4.92. The molecule has 0 atom stereocenters. The molecule has 0 unspecified atom stereocenters. The summed E-state index contributed by atoms with van der Waals surface area (Å²) in [4.78, 5) is 23.0. The van der Waals surface area contributed by atoms with Crippen molar-refractivity contribution in [2.24, 2.45) is 0 Å². The van der Waals surface area contributed by atoms with E-state index in [1.54, 1.807) is 18.3 Å². The minimum atomic E-state index is -0.224. The number of nitrogens with zero attached hydrogens (tertiary/aromatic N) is 3. The molecule has 0 saturated heterocycles. The van der Waals surface area contributed by atoms with Gasteiger partial charge in [-0.2, -0.15) is 0 Å². The smallest absolute Gasteiger partial charge is 0.262 e. The van der Waals surface area contributed by atoms with E-state index in [4.69, 9.17) is 10.3 Å². The first-order valence-electron chi connectivity index (χ1n) is 8.77. The summed E-state index contributed by atoms with van der Waals surface area (Å²) in [6.45, 7) is 0.796. The van der Waals surface area contributed by atoms with Crippen molar-refractivity contribution in [3.8, 4) is 34.0 Å². The fourth-order valence-electron chi connectivity index (χ4n) is 2.84. The Balaban J connectivity index is 1.68. The molecule has 0 fully saturated rings. The number of hydrogen-bond acceptors (Lipinski definition) is 7. The number of nitrogens with one attached hydrogen (secondary N) is 2. The number of H-pyrrole nitrogens is 1. The number of halogens is 1. The van der Waals surface area contributed by atoms with Gasteiger partial charge in [0, 0.05) is 29.9 Å². The molecule has 0 amide bonds. The molecule has 0 spiro atoms. The van der Waals surface area contributed by atoms with Crippen molar-refractivity contribution < 1.29 is 4.52 Å². The SMILES string of the molecule is CNCc1ccc(-c2cc(-c3nc(-c4c[nH]c(=O)c(Br)c4)cnc3N)on2)cc1. The summed E-state index contributed by atoms with van der Waals surface area (Å²) in [7, 11) is 1.91. The molecule has 0 aliphatic carbocycles. The van der Waals surface area contributed by atoms with Crippen LogP contribution < -0.4 is 16.6 Å². The van der Waals surface area contributed by atoms with Crippen molar-refractivity contribution in [3.63, 3.8) is 0 Å². The maximum Gasteiger partial charge on any atom is 0.262 e. The largest absolute Gasteiger partial charge is 0.382 e. The first-order valence-corrected chi connectivity index (χ1v) is 9.56. The fraction of sp³-hybridized carbons (Fsp3) is 0.100. The Bertz CT molecular complexity index is 1220. The Morgan fingerprint density at radius 1 is 1.17 bits per heavy atom. The topological polar surface area (TPSA) is 123 Å². The molecule has 0 bridgehead atoms. The summed E-state index contributed by atoms with van der Waals surface area (Å²) in [5.41, 5.74) is 10.2. The predicted octanol–water partition coefficient (Wildman–Crippen LogP) is 3.22. The molecule has 8 nitrogen and oxygen atoms in total. The third-order valence-electron chi connectivity index (χ3n) is 4.33. The highest BCUT2D eigenvalue weighted by Crippen LogP contribution is 2.29. The molecule has 146 valence electrons. The molecule has 4 N–H and O–H groups in total. The Hall–Kier alpha value is -3.30. The van der Waals surface area contributed by atoms with E-state index in [-0.39, 0.29) is 11.4 Å². The molecule has 29 heavy (non-hydrogen) atoms. The minimum Gasteiger partial charge on any atom is -0.382 e. The Labute approximate surface area is 174 Å². The maximum atomic E-state index is 11.6. The van der Waals surface area contributed by atoms with Gasteiger partial charge in [-0.05, 0) is 34.6 Å². The highest BCUT2D eigenvalue weighted by atomic mass is 79.9. The summed E-state index contributed by atoms with van der Waals surface area (Å²) < 4.78 is 5.89. The van der Waals surface area contributed by atoms with Crippen molar-refractivity contribution in [2.75, 3.05) is 12.8 Å². The van der Waals surface area contributed by atoms with Crippen molar-refractivity contribution in [1.82, 2.24) is 25.4 Å². The van der Waals surface area contributed by atoms with Crippen molar-refractivity contribution >= 4 is 21.7 Å². The van der Waals surface area contributed by atoms with Crippen molar-refractivity contribution in [2.45, 2.75) is 6.54 Å². The van der Waals surface area contributed by atoms with Crippen LogP contribution in [-0.4, -0.2) is 27.2 Å². The lowest BCUT2D eigenvalue weighted by Crippen LogP contribution is -2.06. The fourth-order valence-corrected chi connectivity index (χ4v) is 3.20. The zero-order valence-corrected chi connectivity index (χ0v) is 17.0. The Morgan fingerprint density at radius 2 is 1.97 bits per heavy atom. The van der Waals surface area contributed by atoms with Gasteiger partial charge >= 0.3 is 0 Å². The Kier molecular flexibility index (Phi) is 5.24. The molecule has 9 heteroatoms. The van der Waals surface area contributed by atoms with Gasteiger partial charge in [-0.3, -0.25) is 4.79 Å². The number of anilines is 1. The van der Waals surface area contributed by atoms with Gasteiger partial charge in [-0.15, -0.1) is 0 Å². The van der Waals surface area contributed by atoms with Crippen LogP contribution in [0.2, 0.25) is 0 Å². The molecule has 0 radical (unpaired) electrons. The van der Waals surface area contributed by atoms with Gasteiger partial charge in [0.1, 0.15) is 5.69 Å². The summed E-state index contributed by atoms with van der Waals surface area (Å²) in [5, 5.41) is 7.25. The van der Waals surface area contributed by atoms with E-state index in [2.05, 4.69) is 41.4 Å². The molecule has 0 saturated carbocycles. The third kappa shape index (κ3) is 3.96. The number of hydrogen-bond donors (Lipinski definition) is 3. The van der Waals surface area contributed by atoms with Crippen LogP contribution >= 0.6 is 15.9 Å². The highest BCUT2D eigenvalue weighted by molar-refractivity contribution is 9.10. The first kappa shape index (κ1) is 19.0. The van der Waals surface area contributed by atoms with E-state index < -0.39 is 0 Å². The van der Waals surface area contributed by atoms with E-state index in [0.29, 0.717) is 32.9 Å². The summed E-state index contributed by atoms with van der Waals surface area (Å²) in [6.07, 6.45) is 3.10. The van der Waals surface area contributed by atoms with E-state index in [1.807, 2.05) is 31.3 Å². The zero-order valence-electron chi connectivity index (χ0n) is 15.4. The van der Waals surface area contributed by atoms with Crippen LogP contribution in [0.3, 0.4) is 0 Å². The normalized spacial score (nSPS) is 11.0. The van der Waals surface area contributed by atoms with Crippen molar-refractivity contribution in [3.05, 3.63) is 69.2 Å². The average molecular weight is 453 g/mol. The molecule has 3 heterocycles. The van der Waals surface area contributed by atoms with Crippen LogP contribution in [0.5, 0.6) is 0 Å². The molecular weight excluding hydrogens is 436 g/mol. The van der Waals surface area contributed by atoms with Gasteiger partial charge in [0.25, 0.3) is 5.56 Å². The van der Waals surface area contributed by atoms with E-state index in [9.17, 15) is 4.79 Å². The van der Waals surface area contributed by atoms with E-state index in [1.165, 1.54) is 11.8 Å². The van der Waals surface area contributed by atoms with Crippen molar-refractivity contribution in [1.29, 1.82) is 0 Å². The number of nitrogen functional groups attached to an aromatic ring is 1.